The van der Waals surface area contributed by atoms with Gasteiger partial charge in [0.2, 0.25) is 5.91 Å². The quantitative estimate of drug-likeness (QED) is 0.795. The van der Waals surface area contributed by atoms with Gasteiger partial charge in [0.1, 0.15) is 6.04 Å². The lowest BCUT2D eigenvalue weighted by Gasteiger charge is -2.15. The number of carbonyl (C=O) groups is 2. The second kappa shape index (κ2) is 7.13. The number of amides is 3. The van der Waals surface area contributed by atoms with E-state index in [-0.39, 0.29) is 5.91 Å². The van der Waals surface area contributed by atoms with Crippen LogP contribution in [0.1, 0.15) is 19.4 Å². The van der Waals surface area contributed by atoms with Gasteiger partial charge in [0.05, 0.1) is 0 Å². The molecule has 0 spiro atoms. The van der Waals surface area contributed by atoms with Gasteiger partial charge < -0.3 is 10.6 Å². The molecule has 0 radical (unpaired) electrons. The standard InChI is InChI=1S/C13H18BrN3O2/c1-4-15-13(19)17-12(18)9(3)16-11-6-8(2)5-10(14)7-11/h5-7,9,16H,4H2,1-3H3,(H2,15,17,18,19). The number of nitrogens with one attached hydrogen (secondary N) is 3. The van der Waals surface area contributed by atoms with Gasteiger partial charge in [-0.25, -0.2) is 4.79 Å². The Morgan fingerprint density at radius 3 is 2.58 bits per heavy atom. The first kappa shape index (κ1) is 15.5. The van der Waals surface area contributed by atoms with Crippen molar-refractivity contribution in [2.24, 2.45) is 0 Å². The highest BCUT2D eigenvalue weighted by molar-refractivity contribution is 9.10. The molecule has 3 N–H and O–H groups in total. The zero-order chi connectivity index (χ0) is 14.4. The molecule has 1 aromatic carbocycles. The molecule has 5 nitrogen and oxygen atoms in total. The number of urea groups is 1. The fourth-order valence-corrected chi connectivity index (χ4v) is 2.17. The summed E-state index contributed by atoms with van der Waals surface area (Å²) < 4.78 is 0.936. The Morgan fingerprint density at radius 2 is 2.00 bits per heavy atom. The van der Waals surface area contributed by atoms with Crippen molar-refractivity contribution in [3.8, 4) is 0 Å². The second-order valence-corrected chi connectivity index (χ2v) is 5.15. The van der Waals surface area contributed by atoms with Crippen LogP contribution in [0.25, 0.3) is 0 Å². The van der Waals surface area contributed by atoms with Gasteiger partial charge in [0, 0.05) is 16.7 Å². The molecule has 0 saturated carbocycles. The molecule has 0 aliphatic carbocycles. The van der Waals surface area contributed by atoms with Gasteiger partial charge in [-0.2, -0.15) is 0 Å². The summed E-state index contributed by atoms with van der Waals surface area (Å²) in [6.07, 6.45) is 0. The van der Waals surface area contributed by atoms with Crippen molar-refractivity contribution in [3.63, 3.8) is 0 Å². The summed E-state index contributed by atoms with van der Waals surface area (Å²) in [5.41, 5.74) is 1.90. The van der Waals surface area contributed by atoms with Crippen LogP contribution in [-0.4, -0.2) is 24.5 Å². The van der Waals surface area contributed by atoms with E-state index in [0.717, 1.165) is 15.7 Å². The van der Waals surface area contributed by atoms with Crippen molar-refractivity contribution >= 4 is 33.6 Å². The first-order valence-electron chi connectivity index (χ1n) is 6.04. The molecule has 0 aliphatic rings. The second-order valence-electron chi connectivity index (χ2n) is 4.23. The maximum Gasteiger partial charge on any atom is 0.321 e. The van der Waals surface area contributed by atoms with Gasteiger partial charge in [-0.05, 0) is 44.5 Å². The lowest BCUT2D eigenvalue weighted by molar-refractivity contribution is -0.120. The highest BCUT2D eigenvalue weighted by Crippen LogP contribution is 2.19. The van der Waals surface area contributed by atoms with E-state index in [1.54, 1.807) is 13.8 Å². The third-order valence-electron chi connectivity index (χ3n) is 2.39. The van der Waals surface area contributed by atoms with Crippen LogP contribution >= 0.6 is 15.9 Å². The predicted molar refractivity (Wildman–Crippen MR) is 79.2 cm³/mol. The Hall–Kier alpha value is -1.56. The number of hydrogen-bond acceptors (Lipinski definition) is 3. The maximum absolute atomic E-state index is 11.8. The molecule has 0 saturated heterocycles. The minimum Gasteiger partial charge on any atom is -0.374 e. The summed E-state index contributed by atoms with van der Waals surface area (Å²) in [7, 11) is 0. The number of rotatable bonds is 4. The van der Waals surface area contributed by atoms with E-state index in [1.165, 1.54) is 0 Å². The summed E-state index contributed by atoms with van der Waals surface area (Å²) in [6.45, 7) is 5.93. The monoisotopic (exact) mass is 327 g/mol. The molecule has 1 aromatic rings. The van der Waals surface area contributed by atoms with Crippen molar-refractivity contribution in [2.45, 2.75) is 26.8 Å². The molecule has 0 fully saturated rings. The largest absolute Gasteiger partial charge is 0.374 e. The smallest absolute Gasteiger partial charge is 0.321 e. The number of hydrogen-bond donors (Lipinski definition) is 3. The van der Waals surface area contributed by atoms with Gasteiger partial charge in [0.25, 0.3) is 0 Å². The van der Waals surface area contributed by atoms with Crippen molar-refractivity contribution in [3.05, 3.63) is 28.2 Å². The molecule has 19 heavy (non-hydrogen) atoms. The van der Waals surface area contributed by atoms with Gasteiger partial charge in [-0.3, -0.25) is 10.1 Å². The molecule has 0 aliphatic heterocycles. The normalized spacial score (nSPS) is 11.6. The van der Waals surface area contributed by atoms with Crippen LogP contribution in [0, 0.1) is 6.92 Å². The van der Waals surface area contributed by atoms with Crippen molar-refractivity contribution < 1.29 is 9.59 Å². The van der Waals surface area contributed by atoms with Crippen LogP contribution in [0.2, 0.25) is 0 Å². The van der Waals surface area contributed by atoms with Crippen LogP contribution in [0.4, 0.5) is 10.5 Å². The molecule has 0 aromatic heterocycles. The van der Waals surface area contributed by atoms with E-state index in [1.807, 2.05) is 25.1 Å². The minimum atomic E-state index is -0.503. The van der Waals surface area contributed by atoms with E-state index >= 15 is 0 Å². The topological polar surface area (TPSA) is 70.2 Å². The van der Waals surface area contributed by atoms with Gasteiger partial charge in [0.15, 0.2) is 0 Å². The van der Waals surface area contributed by atoms with Crippen LogP contribution in [0.3, 0.4) is 0 Å². The number of benzene rings is 1. The van der Waals surface area contributed by atoms with E-state index in [0.29, 0.717) is 6.54 Å². The summed E-state index contributed by atoms with van der Waals surface area (Å²) in [5.74, 6) is -0.372. The molecule has 3 amide bonds. The zero-order valence-corrected chi connectivity index (χ0v) is 12.8. The summed E-state index contributed by atoms with van der Waals surface area (Å²) in [6, 6.07) is 4.80. The molecule has 104 valence electrons. The molecule has 1 unspecified atom stereocenters. The van der Waals surface area contributed by atoms with E-state index in [2.05, 4.69) is 31.9 Å². The number of aryl methyl sites for hydroxylation is 1. The SMILES string of the molecule is CCNC(=O)NC(=O)C(C)Nc1cc(C)cc(Br)c1. The summed E-state index contributed by atoms with van der Waals surface area (Å²) in [4.78, 5) is 23.0. The maximum atomic E-state index is 11.8. The minimum absolute atomic E-state index is 0.372. The van der Waals surface area contributed by atoms with Crippen LogP contribution in [0.15, 0.2) is 22.7 Å². The number of carbonyl (C=O) groups excluding carboxylic acids is 2. The van der Waals surface area contributed by atoms with Crippen LogP contribution in [-0.2, 0) is 4.79 Å². The predicted octanol–water partition coefficient (Wildman–Crippen LogP) is 2.40. The molecule has 6 heteroatoms. The lowest BCUT2D eigenvalue weighted by atomic mass is 10.2. The Morgan fingerprint density at radius 1 is 1.32 bits per heavy atom. The first-order chi connectivity index (χ1) is 8.92. The third kappa shape index (κ3) is 5.30. The van der Waals surface area contributed by atoms with E-state index in [9.17, 15) is 9.59 Å². The van der Waals surface area contributed by atoms with E-state index in [4.69, 9.17) is 0 Å². The third-order valence-corrected chi connectivity index (χ3v) is 2.85. The zero-order valence-electron chi connectivity index (χ0n) is 11.2. The molecular weight excluding hydrogens is 310 g/mol. The highest BCUT2D eigenvalue weighted by atomic mass is 79.9. The van der Waals surface area contributed by atoms with Crippen molar-refractivity contribution in [2.75, 3.05) is 11.9 Å². The Labute approximate surface area is 121 Å². The molecule has 0 heterocycles. The van der Waals surface area contributed by atoms with Gasteiger partial charge in [-0.15, -0.1) is 0 Å². The fourth-order valence-electron chi connectivity index (χ4n) is 1.56. The first-order valence-corrected chi connectivity index (χ1v) is 6.84. The van der Waals surface area contributed by atoms with E-state index < -0.39 is 12.1 Å². The van der Waals surface area contributed by atoms with Crippen molar-refractivity contribution in [1.29, 1.82) is 0 Å². The van der Waals surface area contributed by atoms with Crippen LogP contribution in [0.5, 0.6) is 0 Å². The van der Waals surface area contributed by atoms with Gasteiger partial charge >= 0.3 is 6.03 Å². The molecule has 1 rings (SSSR count). The summed E-state index contributed by atoms with van der Waals surface area (Å²) >= 11 is 3.40. The average molecular weight is 328 g/mol. The highest BCUT2D eigenvalue weighted by Gasteiger charge is 2.15. The van der Waals surface area contributed by atoms with Crippen LogP contribution < -0.4 is 16.0 Å². The number of halogens is 1. The average Bonchev–Trinajstić information content (AvgIpc) is 2.27. The van der Waals surface area contributed by atoms with Gasteiger partial charge in [-0.1, -0.05) is 15.9 Å². The fraction of sp³-hybridized carbons (Fsp3) is 0.385. The Bertz CT molecular complexity index is 457. The Kier molecular flexibility index (Phi) is 5.82. The Balaban J connectivity index is 2.60. The molecular formula is C13H18BrN3O2. The number of anilines is 1. The summed E-state index contributed by atoms with van der Waals surface area (Å²) in [5, 5.41) is 7.82. The number of imide groups is 1. The lowest BCUT2D eigenvalue weighted by Crippen LogP contribution is -2.45. The molecule has 0 bridgehead atoms. The van der Waals surface area contributed by atoms with Crippen molar-refractivity contribution in [1.82, 2.24) is 10.6 Å². The molecule has 1 atom stereocenters.